The Hall–Kier alpha value is -2.39. The highest BCUT2D eigenvalue weighted by molar-refractivity contribution is 6.33. The first-order chi connectivity index (χ1) is 14.7. The van der Waals surface area contributed by atoms with Crippen molar-refractivity contribution in [1.29, 1.82) is 0 Å². The second-order valence-electron chi connectivity index (χ2n) is 7.62. The van der Waals surface area contributed by atoms with Crippen LogP contribution in [0, 0.1) is 0 Å². The van der Waals surface area contributed by atoms with Crippen molar-refractivity contribution in [3.8, 4) is 17.3 Å². The Morgan fingerprint density at radius 1 is 1.13 bits per heavy atom. The van der Waals surface area contributed by atoms with Gasteiger partial charge in [-0.3, -0.25) is 5.32 Å². The predicted molar refractivity (Wildman–Crippen MR) is 115 cm³/mol. The summed E-state index contributed by atoms with van der Waals surface area (Å²) in [6, 6.07) is 10.5. The fourth-order valence-electron chi connectivity index (χ4n) is 3.88. The molecule has 0 bridgehead atoms. The number of rotatable bonds is 4. The molecule has 3 aromatic rings. The number of aromatic amines is 1. The highest BCUT2D eigenvalue weighted by Gasteiger charge is 2.21. The molecule has 2 aromatic heterocycles. The smallest absolute Gasteiger partial charge is 0.296 e. The minimum Gasteiger partial charge on any atom is -0.460 e. The Balaban J connectivity index is 1.36. The molecular formula is C21H24ClN5O3. The van der Waals surface area contributed by atoms with Gasteiger partial charge in [-0.25, -0.2) is 4.98 Å². The van der Waals surface area contributed by atoms with Gasteiger partial charge in [-0.15, -0.1) is 0 Å². The zero-order chi connectivity index (χ0) is 20.5. The van der Waals surface area contributed by atoms with Crippen molar-refractivity contribution in [3.05, 3.63) is 35.4 Å². The molecule has 0 saturated carbocycles. The number of imidazole rings is 1. The van der Waals surface area contributed by atoms with Crippen LogP contribution in [0.4, 0.5) is 5.69 Å². The van der Waals surface area contributed by atoms with Crippen molar-refractivity contribution in [3.63, 3.8) is 0 Å². The fraction of sp³-hybridized carbons (Fsp3) is 0.429. The molecule has 9 heteroatoms. The van der Waals surface area contributed by atoms with Crippen LogP contribution < -0.4 is 15.0 Å². The Bertz CT molecular complexity index is 1010. The summed E-state index contributed by atoms with van der Waals surface area (Å²) in [6.07, 6.45) is 0.912. The third-order valence-electron chi connectivity index (χ3n) is 5.54. The van der Waals surface area contributed by atoms with E-state index in [4.69, 9.17) is 21.1 Å². The zero-order valence-electron chi connectivity index (χ0n) is 16.5. The van der Waals surface area contributed by atoms with Crippen molar-refractivity contribution in [2.75, 3.05) is 37.7 Å². The van der Waals surface area contributed by atoms with Crippen molar-refractivity contribution in [1.82, 2.24) is 20.3 Å². The number of nitrogens with one attached hydrogen (secondary N) is 2. The quantitative estimate of drug-likeness (QED) is 0.586. The van der Waals surface area contributed by atoms with Gasteiger partial charge in [-0.2, -0.15) is 4.98 Å². The van der Waals surface area contributed by atoms with Crippen molar-refractivity contribution >= 4 is 28.5 Å². The molecule has 0 spiro atoms. The van der Waals surface area contributed by atoms with Crippen LogP contribution in [0.25, 0.3) is 22.4 Å². The van der Waals surface area contributed by atoms with E-state index in [0.29, 0.717) is 35.3 Å². The van der Waals surface area contributed by atoms with Gasteiger partial charge in [0.25, 0.3) is 6.01 Å². The minimum atomic E-state index is -0.460. The molecule has 30 heavy (non-hydrogen) atoms. The number of aromatic nitrogens is 3. The van der Waals surface area contributed by atoms with Gasteiger partial charge in [0.1, 0.15) is 12.3 Å². The van der Waals surface area contributed by atoms with Crippen LogP contribution in [0.15, 0.2) is 30.3 Å². The number of aliphatic hydroxyl groups is 1. The molecule has 2 unspecified atom stereocenters. The molecule has 158 valence electrons. The van der Waals surface area contributed by atoms with Crippen LogP contribution in [0.2, 0.25) is 5.02 Å². The predicted octanol–water partition coefficient (Wildman–Crippen LogP) is 2.56. The molecule has 1 aromatic carbocycles. The zero-order valence-corrected chi connectivity index (χ0v) is 17.2. The van der Waals surface area contributed by atoms with Gasteiger partial charge in [0.2, 0.25) is 0 Å². The number of piperidine rings is 1. The molecule has 4 heterocycles. The molecule has 5 rings (SSSR count). The Labute approximate surface area is 179 Å². The normalized spacial score (nSPS) is 22.4. The summed E-state index contributed by atoms with van der Waals surface area (Å²) in [5.74, 6) is 0. The van der Waals surface area contributed by atoms with Crippen molar-refractivity contribution < 1.29 is 14.6 Å². The fourth-order valence-corrected chi connectivity index (χ4v) is 4.14. The van der Waals surface area contributed by atoms with E-state index in [-0.39, 0.29) is 6.10 Å². The summed E-state index contributed by atoms with van der Waals surface area (Å²) >= 11 is 6.53. The maximum absolute atomic E-state index is 9.54. The maximum Gasteiger partial charge on any atom is 0.296 e. The number of hydrogen-bond donors (Lipinski definition) is 3. The summed E-state index contributed by atoms with van der Waals surface area (Å²) in [7, 11) is 0. The maximum atomic E-state index is 9.54. The highest BCUT2D eigenvalue weighted by atomic mass is 35.5. The first kappa shape index (κ1) is 19.6. The summed E-state index contributed by atoms with van der Waals surface area (Å²) < 4.78 is 11.3. The Morgan fingerprint density at radius 3 is 2.67 bits per heavy atom. The SMILES string of the molecule is OC1CCC(Oc2nc3nc(-c4ccc(N5CCOCC5)cc4)c(Cl)cc3[nH]2)CN1. The molecule has 2 atom stereocenters. The number of morpholine rings is 1. The second kappa shape index (κ2) is 8.39. The number of halogens is 1. The number of H-pyrrole nitrogens is 1. The summed E-state index contributed by atoms with van der Waals surface area (Å²) in [6.45, 7) is 3.89. The van der Waals surface area contributed by atoms with Crippen molar-refractivity contribution in [2.24, 2.45) is 0 Å². The lowest BCUT2D eigenvalue weighted by Gasteiger charge is -2.28. The lowest BCUT2D eigenvalue weighted by Crippen LogP contribution is -2.43. The number of ether oxygens (including phenoxy) is 2. The lowest BCUT2D eigenvalue weighted by atomic mass is 10.1. The molecule has 0 aliphatic carbocycles. The molecule has 0 radical (unpaired) electrons. The number of pyridine rings is 1. The van der Waals surface area contributed by atoms with Gasteiger partial charge < -0.3 is 24.5 Å². The average molecular weight is 430 g/mol. The number of hydrogen-bond acceptors (Lipinski definition) is 7. The van der Waals surface area contributed by atoms with Crippen LogP contribution in [0.3, 0.4) is 0 Å². The Kier molecular flexibility index (Phi) is 5.47. The second-order valence-corrected chi connectivity index (χ2v) is 8.03. The van der Waals surface area contributed by atoms with E-state index in [1.807, 2.05) is 18.2 Å². The number of nitrogens with zero attached hydrogens (tertiary/aromatic N) is 3. The van der Waals surface area contributed by atoms with E-state index in [1.54, 1.807) is 0 Å². The topological polar surface area (TPSA) is 95.5 Å². The number of fused-ring (bicyclic) bond motifs is 1. The minimum absolute atomic E-state index is 0.0448. The van der Waals surface area contributed by atoms with Gasteiger partial charge in [0.05, 0.1) is 29.4 Å². The molecule has 2 fully saturated rings. The monoisotopic (exact) mass is 429 g/mol. The molecular weight excluding hydrogens is 406 g/mol. The summed E-state index contributed by atoms with van der Waals surface area (Å²) in [4.78, 5) is 14.6. The van der Waals surface area contributed by atoms with E-state index < -0.39 is 6.23 Å². The van der Waals surface area contributed by atoms with Crippen LogP contribution in [0.1, 0.15) is 12.8 Å². The lowest BCUT2D eigenvalue weighted by molar-refractivity contribution is 0.0513. The average Bonchev–Trinajstić information content (AvgIpc) is 3.16. The molecule has 3 N–H and O–H groups in total. The standard InChI is InChI=1S/C21H24ClN5O3/c22-16-11-17-20(26-21(24-17)30-15-5-6-18(28)23-12-15)25-19(16)13-1-3-14(4-2-13)27-7-9-29-10-8-27/h1-4,11,15,18,23,28H,5-10,12H2,(H,24,25,26). The molecule has 8 nitrogen and oxygen atoms in total. The van der Waals surface area contributed by atoms with E-state index in [9.17, 15) is 5.11 Å². The van der Waals surface area contributed by atoms with Gasteiger partial charge in [0.15, 0.2) is 5.65 Å². The van der Waals surface area contributed by atoms with Gasteiger partial charge in [-0.05, 0) is 31.0 Å². The Morgan fingerprint density at radius 2 is 1.93 bits per heavy atom. The third kappa shape index (κ3) is 4.09. The van der Waals surface area contributed by atoms with E-state index >= 15 is 0 Å². The molecule has 2 aliphatic heterocycles. The first-order valence-electron chi connectivity index (χ1n) is 10.2. The number of benzene rings is 1. The van der Waals surface area contributed by atoms with Crippen LogP contribution in [-0.4, -0.2) is 65.2 Å². The molecule has 2 aliphatic rings. The first-order valence-corrected chi connectivity index (χ1v) is 10.6. The van der Waals surface area contributed by atoms with E-state index in [2.05, 4.69) is 37.3 Å². The third-order valence-corrected chi connectivity index (χ3v) is 5.83. The van der Waals surface area contributed by atoms with Gasteiger partial charge in [0, 0.05) is 30.9 Å². The van der Waals surface area contributed by atoms with Crippen molar-refractivity contribution in [2.45, 2.75) is 25.2 Å². The summed E-state index contributed by atoms with van der Waals surface area (Å²) in [5, 5.41) is 13.1. The van der Waals surface area contributed by atoms with Crippen LogP contribution >= 0.6 is 11.6 Å². The van der Waals surface area contributed by atoms with Gasteiger partial charge >= 0.3 is 0 Å². The molecule has 2 saturated heterocycles. The van der Waals surface area contributed by atoms with Crippen LogP contribution in [0.5, 0.6) is 6.01 Å². The molecule has 0 amide bonds. The number of aliphatic hydroxyl groups excluding tert-OH is 1. The summed E-state index contributed by atoms with van der Waals surface area (Å²) in [5.41, 5.74) is 4.09. The van der Waals surface area contributed by atoms with E-state index in [1.165, 1.54) is 5.69 Å². The van der Waals surface area contributed by atoms with Crippen LogP contribution in [-0.2, 0) is 4.74 Å². The van der Waals surface area contributed by atoms with E-state index in [0.717, 1.165) is 43.8 Å². The highest BCUT2D eigenvalue weighted by Crippen LogP contribution is 2.31. The largest absolute Gasteiger partial charge is 0.460 e. The number of anilines is 1. The van der Waals surface area contributed by atoms with Gasteiger partial charge in [-0.1, -0.05) is 23.7 Å².